The minimum absolute atomic E-state index is 1.20. The Morgan fingerprint density at radius 2 is 0.875 bits per heavy atom. The molecular formula is C31H58N+. The standard InChI is InChI=1S/C31H58N/c1-4-7-10-13-16-18-21-24-30-26-28-32(27-23-20-15-12-9-6-3)29-31(30)25-22-19-17-14-11-8-5-2/h26,28-29H,4-25,27H2,1-3H3/q+1. The molecule has 0 bridgehead atoms. The molecule has 1 heterocycles. The maximum Gasteiger partial charge on any atom is 0.172 e. The maximum absolute atomic E-state index is 2.51. The van der Waals surface area contributed by atoms with Gasteiger partial charge in [-0.3, -0.25) is 0 Å². The second-order valence-electron chi connectivity index (χ2n) is 10.2. The first kappa shape index (κ1) is 29.2. The van der Waals surface area contributed by atoms with Crippen LogP contribution in [0.15, 0.2) is 18.5 Å². The normalized spacial score (nSPS) is 11.3. The highest BCUT2D eigenvalue weighted by Crippen LogP contribution is 2.17. The van der Waals surface area contributed by atoms with Crippen molar-refractivity contribution < 1.29 is 4.57 Å². The van der Waals surface area contributed by atoms with Gasteiger partial charge >= 0.3 is 0 Å². The first-order valence-corrected chi connectivity index (χ1v) is 14.8. The fourth-order valence-corrected chi connectivity index (χ4v) is 4.85. The fraction of sp³-hybridized carbons (Fsp3) is 0.839. The van der Waals surface area contributed by atoms with Crippen molar-refractivity contribution in [1.82, 2.24) is 0 Å². The molecule has 1 aromatic rings. The van der Waals surface area contributed by atoms with Gasteiger partial charge in [0.1, 0.15) is 6.54 Å². The van der Waals surface area contributed by atoms with Crippen molar-refractivity contribution in [1.29, 1.82) is 0 Å². The van der Waals surface area contributed by atoms with Crippen molar-refractivity contribution in [3.8, 4) is 0 Å². The summed E-state index contributed by atoms with van der Waals surface area (Å²) in [5.74, 6) is 0. The Morgan fingerprint density at radius 1 is 0.469 bits per heavy atom. The van der Waals surface area contributed by atoms with E-state index in [0.717, 1.165) is 0 Å². The Kier molecular flexibility index (Phi) is 20.0. The van der Waals surface area contributed by atoms with E-state index in [4.69, 9.17) is 0 Å². The first-order valence-electron chi connectivity index (χ1n) is 14.8. The third-order valence-corrected chi connectivity index (χ3v) is 7.07. The average molecular weight is 445 g/mol. The smallest absolute Gasteiger partial charge is 0.172 e. The van der Waals surface area contributed by atoms with Crippen LogP contribution in [0.1, 0.15) is 160 Å². The van der Waals surface area contributed by atoms with E-state index in [1.165, 1.54) is 148 Å². The highest BCUT2D eigenvalue weighted by molar-refractivity contribution is 5.21. The van der Waals surface area contributed by atoms with Crippen molar-refractivity contribution in [2.75, 3.05) is 0 Å². The summed E-state index contributed by atoms with van der Waals surface area (Å²) in [7, 11) is 0. The zero-order chi connectivity index (χ0) is 23.1. The second-order valence-corrected chi connectivity index (χ2v) is 10.2. The molecule has 32 heavy (non-hydrogen) atoms. The lowest BCUT2D eigenvalue weighted by Gasteiger charge is -2.10. The molecule has 0 radical (unpaired) electrons. The number of pyridine rings is 1. The molecule has 0 aliphatic rings. The number of aryl methyl sites for hydroxylation is 3. The molecule has 1 aromatic heterocycles. The molecule has 0 amide bonds. The monoisotopic (exact) mass is 444 g/mol. The van der Waals surface area contributed by atoms with E-state index in [0.29, 0.717) is 0 Å². The van der Waals surface area contributed by atoms with Crippen LogP contribution < -0.4 is 4.57 Å². The zero-order valence-corrected chi connectivity index (χ0v) is 22.4. The Morgan fingerprint density at radius 3 is 1.38 bits per heavy atom. The molecule has 0 aromatic carbocycles. The quantitative estimate of drug-likeness (QED) is 0.117. The van der Waals surface area contributed by atoms with E-state index >= 15 is 0 Å². The molecule has 0 aliphatic carbocycles. The zero-order valence-electron chi connectivity index (χ0n) is 22.4. The summed E-state index contributed by atoms with van der Waals surface area (Å²) in [6, 6.07) is 2.46. The van der Waals surface area contributed by atoms with E-state index in [9.17, 15) is 0 Å². The molecule has 0 unspecified atom stereocenters. The van der Waals surface area contributed by atoms with Gasteiger partial charge < -0.3 is 0 Å². The van der Waals surface area contributed by atoms with Gasteiger partial charge in [0.15, 0.2) is 12.4 Å². The predicted molar refractivity (Wildman–Crippen MR) is 143 cm³/mol. The average Bonchev–Trinajstić information content (AvgIpc) is 2.81. The largest absolute Gasteiger partial charge is 0.205 e. The Labute approximate surface area is 202 Å². The summed E-state index contributed by atoms with van der Waals surface area (Å²) in [5, 5.41) is 0. The van der Waals surface area contributed by atoms with Crippen LogP contribution in [-0.2, 0) is 19.4 Å². The van der Waals surface area contributed by atoms with Gasteiger partial charge in [-0.25, -0.2) is 4.57 Å². The van der Waals surface area contributed by atoms with Crippen LogP contribution in [0.2, 0.25) is 0 Å². The molecule has 0 fully saturated rings. The number of rotatable bonds is 23. The summed E-state index contributed by atoms with van der Waals surface area (Å²) in [5.41, 5.74) is 3.29. The molecule has 0 atom stereocenters. The summed E-state index contributed by atoms with van der Waals surface area (Å²) in [6.07, 6.45) is 35.5. The Balaban J connectivity index is 2.45. The number of hydrogen-bond donors (Lipinski definition) is 0. The van der Waals surface area contributed by atoms with Crippen LogP contribution in [0.25, 0.3) is 0 Å². The van der Waals surface area contributed by atoms with Crippen LogP contribution in [-0.4, -0.2) is 0 Å². The molecule has 1 nitrogen and oxygen atoms in total. The third-order valence-electron chi connectivity index (χ3n) is 7.07. The number of nitrogens with zero attached hydrogens (tertiary/aromatic N) is 1. The van der Waals surface area contributed by atoms with E-state index in [1.54, 1.807) is 11.1 Å². The molecule has 0 saturated carbocycles. The van der Waals surface area contributed by atoms with Gasteiger partial charge in [-0.15, -0.1) is 0 Å². The minimum Gasteiger partial charge on any atom is -0.205 e. The van der Waals surface area contributed by atoms with E-state index in [-0.39, 0.29) is 0 Å². The van der Waals surface area contributed by atoms with Crippen LogP contribution in [0, 0.1) is 0 Å². The molecule has 0 aliphatic heterocycles. The number of unbranched alkanes of at least 4 members (excludes halogenated alkanes) is 17. The fourth-order valence-electron chi connectivity index (χ4n) is 4.85. The lowest BCUT2D eigenvalue weighted by molar-refractivity contribution is -0.697. The van der Waals surface area contributed by atoms with Crippen LogP contribution >= 0.6 is 0 Å². The van der Waals surface area contributed by atoms with Crippen molar-refractivity contribution in [3.05, 3.63) is 29.6 Å². The second kappa shape index (κ2) is 22.0. The molecule has 1 heteroatoms. The SMILES string of the molecule is CCCCCCCCCc1cc[n+](CCCCCCCC)cc1CCCCCCCCC. The lowest BCUT2D eigenvalue weighted by atomic mass is 9.97. The topological polar surface area (TPSA) is 3.88 Å². The minimum atomic E-state index is 1.20. The maximum atomic E-state index is 2.51. The highest BCUT2D eigenvalue weighted by atomic mass is 14.9. The molecular weight excluding hydrogens is 386 g/mol. The van der Waals surface area contributed by atoms with Gasteiger partial charge in [0, 0.05) is 18.1 Å². The highest BCUT2D eigenvalue weighted by Gasteiger charge is 2.10. The first-order chi connectivity index (χ1) is 15.8. The van der Waals surface area contributed by atoms with Crippen molar-refractivity contribution in [2.24, 2.45) is 0 Å². The van der Waals surface area contributed by atoms with Crippen LogP contribution in [0.4, 0.5) is 0 Å². The number of hydrogen-bond acceptors (Lipinski definition) is 0. The molecule has 186 valence electrons. The van der Waals surface area contributed by atoms with Crippen LogP contribution in [0.3, 0.4) is 0 Å². The van der Waals surface area contributed by atoms with Gasteiger partial charge in [0.05, 0.1) is 0 Å². The number of aromatic nitrogens is 1. The third kappa shape index (κ3) is 15.9. The van der Waals surface area contributed by atoms with Crippen molar-refractivity contribution >= 4 is 0 Å². The van der Waals surface area contributed by atoms with Gasteiger partial charge in [-0.1, -0.05) is 124 Å². The van der Waals surface area contributed by atoms with Gasteiger partial charge in [0.2, 0.25) is 0 Å². The summed E-state index contributed by atoms with van der Waals surface area (Å²) < 4.78 is 2.49. The summed E-state index contributed by atoms with van der Waals surface area (Å²) in [6.45, 7) is 8.12. The van der Waals surface area contributed by atoms with E-state index in [2.05, 4.69) is 43.8 Å². The van der Waals surface area contributed by atoms with E-state index in [1.807, 2.05) is 0 Å². The van der Waals surface area contributed by atoms with Gasteiger partial charge in [-0.05, 0) is 37.7 Å². The van der Waals surface area contributed by atoms with Gasteiger partial charge in [-0.2, -0.15) is 0 Å². The molecule has 0 spiro atoms. The summed E-state index contributed by atoms with van der Waals surface area (Å²) in [4.78, 5) is 0. The lowest BCUT2D eigenvalue weighted by Crippen LogP contribution is -2.34. The van der Waals surface area contributed by atoms with Crippen molar-refractivity contribution in [2.45, 2.75) is 169 Å². The van der Waals surface area contributed by atoms with Crippen LogP contribution in [0.5, 0.6) is 0 Å². The Bertz CT molecular complexity index is 521. The Hall–Kier alpha value is -0.850. The van der Waals surface area contributed by atoms with E-state index < -0.39 is 0 Å². The molecule has 0 N–H and O–H groups in total. The molecule has 1 rings (SSSR count). The molecule has 0 saturated heterocycles. The predicted octanol–water partition coefficient (Wildman–Crippen LogP) is 9.92. The van der Waals surface area contributed by atoms with Gasteiger partial charge in [0.25, 0.3) is 0 Å². The summed E-state index contributed by atoms with van der Waals surface area (Å²) >= 11 is 0. The van der Waals surface area contributed by atoms with Crippen molar-refractivity contribution in [3.63, 3.8) is 0 Å².